The monoisotopic (exact) mass is 409 g/mol. The summed E-state index contributed by atoms with van der Waals surface area (Å²) in [6.07, 6.45) is 6.17. The third-order valence-electron chi connectivity index (χ3n) is 7.30. The summed E-state index contributed by atoms with van der Waals surface area (Å²) < 4.78 is 5.89. The molecule has 5 nitrogen and oxygen atoms in total. The highest BCUT2D eigenvalue weighted by Gasteiger charge is 2.34. The Morgan fingerprint density at radius 3 is 2.77 bits per heavy atom. The molecule has 2 aliphatic heterocycles. The van der Waals surface area contributed by atoms with E-state index in [1.165, 1.54) is 23.1 Å². The maximum atomic E-state index is 13.7. The quantitative estimate of drug-likeness (QED) is 0.833. The number of nitrogens with zero attached hydrogens (tertiary/aromatic N) is 2. The normalized spacial score (nSPS) is 30.0. The van der Waals surface area contributed by atoms with Crippen LogP contribution in [0.15, 0.2) is 18.2 Å². The van der Waals surface area contributed by atoms with Crippen LogP contribution in [0.25, 0.3) is 10.9 Å². The fourth-order valence-electron chi connectivity index (χ4n) is 5.97. The Balaban J connectivity index is 1.39. The highest BCUT2D eigenvalue weighted by Crippen LogP contribution is 2.34. The van der Waals surface area contributed by atoms with Gasteiger partial charge >= 0.3 is 0 Å². The number of nitrogens with one attached hydrogen (secondary N) is 1. The number of rotatable bonds is 3. The second-order valence-corrected chi connectivity index (χ2v) is 9.93. The molecule has 0 bridgehead atoms. The standard InChI is InChI=1S/C25H35N3O2/c1-16-9-10-23-22(12-16)20-7-4-8-21(24(20)26-23)25(29)28-11-5-6-19(28)15-27-13-17(2)30-18(3)14-27/h4,7-8,16-19,26H,5-6,9-15H2,1-3H3. The minimum atomic E-state index is 0.198. The van der Waals surface area contributed by atoms with Gasteiger partial charge in [-0.2, -0.15) is 0 Å². The molecule has 1 aromatic heterocycles. The molecule has 5 rings (SSSR count). The van der Waals surface area contributed by atoms with Crippen LogP contribution in [0.2, 0.25) is 0 Å². The first kappa shape index (κ1) is 20.1. The predicted octanol–water partition coefficient (Wildman–Crippen LogP) is 4.01. The molecule has 5 heteroatoms. The van der Waals surface area contributed by atoms with Gasteiger partial charge in [-0.25, -0.2) is 0 Å². The molecule has 2 saturated heterocycles. The summed E-state index contributed by atoms with van der Waals surface area (Å²) in [5.74, 6) is 0.918. The van der Waals surface area contributed by atoms with Gasteiger partial charge in [-0.1, -0.05) is 19.1 Å². The van der Waals surface area contributed by atoms with E-state index in [0.29, 0.717) is 6.04 Å². The van der Waals surface area contributed by atoms with Gasteiger partial charge in [0, 0.05) is 43.3 Å². The number of aryl methyl sites for hydroxylation is 1. The largest absolute Gasteiger partial charge is 0.373 e. The van der Waals surface area contributed by atoms with Gasteiger partial charge in [0.1, 0.15) is 0 Å². The molecule has 3 heterocycles. The average Bonchev–Trinajstić information content (AvgIpc) is 3.30. The van der Waals surface area contributed by atoms with Crippen LogP contribution in [0.4, 0.5) is 0 Å². The molecular weight excluding hydrogens is 374 g/mol. The molecule has 4 atom stereocenters. The predicted molar refractivity (Wildman–Crippen MR) is 120 cm³/mol. The van der Waals surface area contributed by atoms with Crippen LogP contribution in [-0.4, -0.2) is 65.1 Å². The summed E-state index contributed by atoms with van der Waals surface area (Å²) in [5, 5.41) is 1.26. The van der Waals surface area contributed by atoms with Crippen LogP contribution >= 0.6 is 0 Å². The molecule has 4 unspecified atom stereocenters. The van der Waals surface area contributed by atoms with Crippen LogP contribution in [0.1, 0.15) is 61.6 Å². The van der Waals surface area contributed by atoms with Gasteiger partial charge in [0.05, 0.1) is 23.3 Å². The lowest BCUT2D eigenvalue weighted by Gasteiger charge is -2.38. The number of benzene rings is 1. The van der Waals surface area contributed by atoms with E-state index in [-0.39, 0.29) is 18.1 Å². The molecule has 0 saturated carbocycles. The number of fused-ring (bicyclic) bond motifs is 3. The molecule has 3 aliphatic rings. The van der Waals surface area contributed by atoms with E-state index in [9.17, 15) is 4.79 Å². The van der Waals surface area contributed by atoms with Crippen molar-refractivity contribution in [3.05, 3.63) is 35.0 Å². The van der Waals surface area contributed by atoms with E-state index >= 15 is 0 Å². The van der Waals surface area contributed by atoms with E-state index in [1.807, 2.05) is 6.07 Å². The van der Waals surface area contributed by atoms with Gasteiger partial charge in [-0.05, 0) is 63.5 Å². The van der Waals surface area contributed by atoms with Crippen molar-refractivity contribution in [2.24, 2.45) is 5.92 Å². The zero-order valence-electron chi connectivity index (χ0n) is 18.6. The highest BCUT2D eigenvalue weighted by molar-refractivity contribution is 6.07. The molecule has 0 radical (unpaired) electrons. The van der Waals surface area contributed by atoms with Gasteiger partial charge in [0.25, 0.3) is 5.91 Å². The van der Waals surface area contributed by atoms with E-state index < -0.39 is 0 Å². The molecule has 1 aromatic carbocycles. The Morgan fingerprint density at radius 1 is 1.17 bits per heavy atom. The number of aromatic amines is 1. The summed E-state index contributed by atoms with van der Waals surface area (Å²) in [5.41, 5.74) is 4.69. The van der Waals surface area contributed by atoms with E-state index in [0.717, 1.165) is 68.9 Å². The summed E-state index contributed by atoms with van der Waals surface area (Å²) in [6, 6.07) is 6.58. The zero-order valence-corrected chi connectivity index (χ0v) is 18.6. The fourth-order valence-corrected chi connectivity index (χ4v) is 5.97. The van der Waals surface area contributed by atoms with E-state index in [2.05, 4.69) is 47.7 Å². The first-order chi connectivity index (χ1) is 14.5. The second-order valence-electron chi connectivity index (χ2n) is 9.93. The number of carbonyl (C=O) groups is 1. The maximum absolute atomic E-state index is 13.7. The summed E-state index contributed by atoms with van der Waals surface area (Å²) in [7, 11) is 0. The Bertz CT molecular complexity index is 926. The Morgan fingerprint density at radius 2 is 1.97 bits per heavy atom. The fraction of sp³-hybridized carbons (Fsp3) is 0.640. The molecule has 162 valence electrons. The van der Waals surface area contributed by atoms with Crippen molar-refractivity contribution < 1.29 is 9.53 Å². The van der Waals surface area contributed by atoms with Crippen molar-refractivity contribution in [3.8, 4) is 0 Å². The SMILES string of the molecule is CC1CCc2[nH]c3c(C(=O)N4CCCC4CN4CC(C)OC(C)C4)cccc3c2C1. The maximum Gasteiger partial charge on any atom is 0.256 e. The number of ether oxygens (including phenoxy) is 1. The van der Waals surface area contributed by atoms with Crippen molar-refractivity contribution in [2.75, 3.05) is 26.2 Å². The van der Waals surface area contributed by atoms with Crippen LogP contribution in [-0.2, 0) is 17.6 Å². The van der Waals surface area contributed by atoms with Crippen molar-refractivity contribution in [1.82, 2.24) is 14.8 Å². The molecule has 2 fully saturated rings. The number of hydrogen-bond acceptors (Lipinski definition) is 3. The van der Waals surface area contributed by atoms with E-state index in [4.69, 9.17) is 4.74 Å². The number of likely N-dealkylation sites (tertiary alicyclic amines) is 1. The Kier molecular flexibility index (Phi) is 5.36. The molecule has 1 amide bonds. The van der Waals surface area contributed by atoms with Gasteiger partial charge in [0.2, 0.25) is 0 Å². The zero-order chi connectivity index (χ0) is 20.8. The topological polar surface area (TPSA) is 48.6 Å². The molecule has 1 N–H and O–H groups in total. The number of para-hydroxylation sites is 1. The van der Waals surface area contributed by atoms with Crippen LogP contribution in [0.5, 0.6) is 0 Å². The van der Waals surface area contributed by atoms with Crippen LogP contribution in [0, 0.1) is 5.92 Å². The lowest BCUT2D eigenvalue weighted by Crippen LogP contribution is -2.50. The number of carbonyl (C=O) groups excluding carboxylic acids is 1. The first-order valence-electron chi connectivity index (χ1n) is 11.8. The van der Waals surface area contributed by atoms with Crippen LogP contribution < -0.4 is 0 Å². The van der Waals surface area contributed by atoms with Crippen molar-refractivity contribution in [3.63, 3.8) is 0 Å². The number of H-pyrrole nitrogens is 1. The average molecular weight is 410 g/mol. The number of aromatic nitrogens is 1. The lowest BCUT2D eigenvalue weighted by molar-refractivity contribution is -0.0715. The third-order valence-corrected chi connectivity index (χ3v) is 7.30. The summed E-state index contributed by atoms with van der Waals surface area (Å²) in [6.45, 7) is 10.4. The Hall–Kier alpha value is -1.85. The third kappa shape index (κ3) is 3.67. The first-order valence-corrected chi connectivity index (χ1v) is 11.8. The summed E-state index contributed by atoms with van der Waals surface area (Å²) >= 11 is 0. The van der Waals surface area contributed by atoms with Crippen LogP contribution in [0.3, 0.4) is 0 Å². The van der Waals surface area contributed by atoms with Crippen molar-refractivity contribution >= 4 is 16.8 Å². The molecular formula is C25H35N3O2. The summed E-state index contributed by atoms with van der Waals surface area (Å²) in [4.78, 5) is 22.0. The molecule has 0 spiro atoms. The van der Waals surface area contributed by atoms with Gasteiger partial charge < -0.3 is 14.6 Å². The smallest absolute Gasteiger partial charge is 0.256 e. The van der Waals surface area contributed by atoms with Crippen molar-refractivity contribution in [2.45, 2.75) is 71.1 Å². The second kappa shape index (κ2) is 8.01. The minimum Gasteiger partial charge on any atom is -0.373 e. The lowest BCUT2D eigenvalue weighted by atomic mass is 9.87. The number of amides is 1. The number of morpholine rings is 1. The molecule has 2 aromatic rings. The van der Waals surface area contributed by atoms with Crippen molar-refractivity contribution in [1.29, 1.82) is 0 Å². The van der Waals surface area contributed by atoms with Gasteiger partial charge in [-0.3, -0.25) is 9.69 Å². The number of hydrogen-bond donors (Lipinski definition) is 1. The molecule has 30 heavy (non-hydrogen) atoms. The highest BCUT2D eigenvalue weighted by atomic mass is 16.5. The van der Waals surface area contributed by atoms with E-state index in [1.54, 1.807) is 0 Å². The van der Waals surface area contributed by atoms with Gasteiger partial charge in [0.15, 0.2) is 0 Å². The van der Waals surface area contributed by atoms with Gasteiger partial charge in [-0.15, -0.1) is 0 Å². The minimum absolute atomic E-state index is 0.198. The molecule has 1 aliphatic carbocycles. The Labute approximate surface area is 179 Å².